The average Bonchev–Trinajstić information content (AvgIpc) is 2.56. The molecule has 0 unspecified atom stereocenters. The molecule has 0 amide bonds. The molecule has 1 aromatic carbocycles. The van der Waals surface area contributed by atoms with Crippen molar-refractivity contribution < 1.29 is 13.2 Å². The van der Waals surface area contributed by atoms with Crippen molar-refractivity contribution in [3.63, 3.8) is 0 Å². The van der Waals surface area contributed by atoms with Crippen LogP contribution in [0.25, 0.3) is 5.69 Å². The SMILES string of the molecule is CS(=O)(=O)c1ccc(-n2ccc(OC3CCNCC3)cc2=O)c(Cl)c1.Cl. The van der Waals surface area contributed by atoms with E-state index in [4.69, 9.17) is 16.3 Å². The number of halogens is 2. The minimum absolute atomic E-state index is 0. The van der Waals surface area contributed by atoms with Crippen LogP contribution >= 0.6 is 24.0 Å². The summed E-state index contributed by atoms with van der Waals surface area (Å²) in [6.45, 7) is 1.81. The predicted octanol–water partition coefficient (Wildman–Crippen LogP) is 2.45. The molecule has 0 spiro atoms. The molecule has 1 aliphatic rings. The summed E-state index contributed by atoms with van der Waals surface area (Å²) >= 11 is 6.17. The van der Waals surface area contributed by atoms with Gasteiger partial charge in [0, 0.05) is 18.5 Å². The fourth-order valence-electron chi connectivity index (χ4n) is 2.75. The number of benzene rings is 1. The van der Waals surface area contributed by atoms with Crippen molar-refractivity contribution in [3.8, 4) is 11.4 Å². The Morgan fingerprint density at radius 2 is 1.88 bits per heavy atom. The lowest BCUT2D eigenvalue weighted by atomic mass is 10.1. The third kappa shape index (κ3) is 4.79. The van der Waals surface area contributed by atoms with Gasteiger partial charge < -0.3 is 10.1 Å². The van der Waals surface area contributed by atoms with Crippen LogP contribution in [0.2, 0.25) is 5.02 Å². The largest absolute Gasteiger partial charge is 0.490 e. The molecule has 0 saturated carbocycles. The van der Waals surface area contributed by atoms with E-state index in [0.29, 0.717) is 11.4 Å². The Morgan fingerprint density at radius 1 is 1.19 bits per heavy atom. The maximum atomic E-state index is 12.4. The highest BCUT2D eigenvalue weighted by Gasteiger charge is 2.16. The molecule has 1 aromatic heterocycles. The Bertz CT molecular complexity index is 938. The van der Waals surface area contributed by atoms with Crippen LogP contribution in [0.3, 0.4) is 0 Å². The maximum absolute atomic E-state index is 12.4. The van der Waals surface area contributed by atoms with Gasteiger partial charge in [-0.3, -0.25) is 9.36 Å². The molecule has 6 nitrogen and oxygen atoms in total. The van der Waals surface area contributed by atoms with Gasteiger partial charge in [-0.05, 0) is 50.2 Å². The third-order valence-corrected chi connectivity index (χ3v) is 5.50. The van der Waals surface area contributed by atoms with Gasteiger partial charge in [-0.25, -0.2) is 8.42 Å². The highest BCUT2D eigenvalue weighted by molar-refractivity contribution is 7.90. The molecule has 1 aliphatic heterocycles. The molecule has 142 valence electrons. The lowest BCUT2D eigenvalue weighted by Gasteiger charge is -2.23. The molecule has 1 fully saturated rings. The predicted molar refractivity (Wildman–Crippen MR) is 104 cm³/mol. The molecule has 2 aromatic rings. The van der Waals surface area contributed by atoms with Gasteiger partial charge in [-0.15, -0.1) is 12.4 Å². The van der Waals surface area contributed by atoms with Gasteiger partial charge in [0.15, 0.2) is 9.84 Å². The number of sulfone groups is 1. The Balaban J connectivity index is 0.00000243. The first-order chi connectivity index (χ1) is 11.8. The zero-order valence-electron chi connectivity index (χ0n) is 14.1. The normalized spacial score (nSPS) is 15.3. The summed E-state index contributed by atoms with van der Waals surface area (Å²) in [4.78, 5) is 12.5. The molecule has 1 N–H and O–H groups in total. The number of aromatic nitrogens is 1. The minimum Gasteiger partial charge on any atom is -0.490 e. The highest BCUT2D eigenvalue weighted by Crippen LogP contribution is 2.24. The Hall–Kier alpha value is -1.54. The first-order valence-electron chi connectivity index (χ1n) is 7.95. The van der Waals surface area contributed by atoms with E-state index in [1.54, 1.807) is 12.3 Å². The van der Waals surface area contributed by atoms with Crippen LogP contribution in [0.1, 0.15) is 12.8 Å². The third-order valence-electron chi connectivity index (χ3n) is 4.09. The zero-order valence-corrected chi connectivity index (χ0v) is 16.5. The summed E-state index contributed by atoms with van der Waals surface area (Å²) < 4.78 is 30.4. The van der Waals surface area contributed by atoms with Crippen molar-refractivity contribution in [2.75, 3.05) is 19.3 Å². The lowest BCUT2D eigenvalue weighted by Crippen LogP contribution is -2.34. The number of hydrogen-bond donors (Lipinski definition) is 1. The first-order valence-corrected chi connectivity index (χ1v) is 10.2. The van der Waals surface area contributed by atoms with E-state index in [2.05, 4.69) is 5.32 Å². The van der Waals surface area contributed by atoms with Gasteiger partial charge in [-0.2, -0.15) is 0 Å². The van der Waals surface area contributed by atoms with Crippen LogP contribution in [-0.4, -0.2) is 38.4 Å². The van der Waals surface area contributed by atoms with Crippen LogP contribution in [0.15, 0.2) is 46.2 Å². The summed E-state index contributed by atoms with van der Waals surface area (Å²) in [6, 6.07) is 7.43. The average molecular weight is 419 g/mol. The summed E-state index contributed by atoms with van der Waals surface area (Å²) in [5.74, 6) is 0.525. The van der Waals surface area contributed by atoms with Gasteiger partial charge in [0.1, 0.15) is 11.9 Å². The fourth-order valence-corrected chi connectivity index (χ4v) is 3.74. The Morgan fingerprint density at radius 3 is 2.46 bits per heavy atom. The first kappa shape index (κ1) is 20.8. The number of nitrogens with one attached hydrogen (secondary N) is 1. The molecule has 1 saturated heterocycles. The molecular formula is C17H20Cl2N2O4S. The van der Waals surface area contributed by atoms with Crippen LogP contribution in [0.5, 0.6) is 5.75 Å². The van der Waals surface area contributed by atoms with E-state index in [1.165, 1.54) is 28.8 Å². The molecule has 2 heterocycles. The highest BCUT2D eigenvalue weighted by atomic mass is 35.5. The number of nitrogens with zero attached hydrogens (tertiary/aromatic N) is 1. The second kappa shape index (κ2) is 8.43. The second-order valence-corrected chi connectivity index (χ2v) is 8.45. The zero-order chi connectivity index (χ0) is 18.0. The van der Waals surface area contributed by atoms with Crippen LogP contribution in [0, 0.1) is 0 Å². The van der Waals surface area contributed by atoms with Gasteiger partial charge in [0.25, 0.3) is 5.56 Å². The second-order valence-electron chi connectivity index (χ2n) is 6.02. The van der Waals surface area contributed by atoms with Crippen molar-refractivity contribution in [2.24, 2.45) is 0 Å². The van der Waals surface area contributed by atoms with Crippen molar-refractivity contribution in [3.05, 3.63) is 51.9 Å². The standard InChI is InChI=1S/C17H19ClN2O4S.ClH/c1-25(22,23)14-2-3-16(15(18)11-14)20-9-6-13(10-17(20)21)24-12-4-7-19-8-5-12;/h2-3,6,9-12,19H,4-5,7-8H2,1H3;1H. The van der Waals surface area contributed by atoms with Crippen LogP contribution in [-0.2, 0) is 9.84 Å². The van der Waals surface area contributed by atoms with Crippen LogP contribution in [0.4, 0.5) is 0 Å². The maximum Gasteiger partial charge on any atom is 0.258 e. The van der Waals surface area contributed by atoms with Crippen molar-refractivity contribution in [2.45, 2.75) is 23.8 Å². The van der Waals surface area contributed by atoms with E-state index in [1.807, 2.05) is 0 Å². The lowest BCUT2D eigenvalue weighted by molar-refractivity contribution is 0.162. The number of hydrogen-bond acceptors (Lipinski definition) is 5. The number of rotatable bonds is 4. The summed E-state index contributed by atoms with van der Waals surface area (Å²) in [7, 11) is -3.35. The van der Waals surface area contributed by atoms with E-state index < -0.39 is 9.84 Å². The number of pyridine rings is 1. The van der Waals surface area contributed by atoms with Crippen molar-refractivity contribution in [1.82, 2.24) is 9.88 Å². The Kier molecular flexibility index (Phi) is 6.74. The van der Waals surface area contributed by atoms with Gasteiger partial charge in [0.05, 0.1) is 15.6 Å². The molecule has 9 heteroatoms. The molecule has 26 heavy (non-hydrogen) atoms. The van der Waals surface area contributed by atoms with Crippen molar-refractivity contribution >= 4 is 33.8 Å². The number of ether oxygens (including phenoxy) is 1. The number of piperidine rings is 1. The molecule has 0 atom stereocenters. The van der Waals surface area contributed by atoms with Crippen LogP contribution < -0.4 is 15.6 Å². The quantitative estimate of drug-likeness (QED) is 0.824. The van der Waals surface area contributed by atoms with Crippen molar-refractivity contribution in [1.29, 1.82) is 0 Å². The minimum atomic E-state index is -3.35. The van der Waals surface area contributed by atoms with E-state index in [0.717, 1.165) is 32.2 Å². The molecule has 0 radical (unpaired) electrons. The van der Waals surface area contributed by atoms with E-state index in [-0.39, 0.29) is 34.0 Å². The van der Waals surface area contributed by atoms with Gasteiger partial charge in [0.2, 0.25) is 0 Å². The summed E-state index contributed by atoms with van der Waals surface area (Å²) in [5.41, 5.74) is 0.132. The topological polar surface area (TPSA) is 77.4 Å². The van der Waals surface area contributed by atoms with E-state index >= 15 is 0 Å². The molecule has 0 bridgehead atoms. The summed E-state index contributed by atoms with van der Waals surface area (Å²) in [5, 5.41) is 3.45. The molecule has 3 rings (SSSR count). The summed E-state index contributed by atoms with van der Waals surface area (Å²) in [6.07, 6.45) is 4.61. The Labute approximate surface area is 163 Å². The monoisotopic (exact) mass is 418 g/mol. The molecular weight excluding hydrogens is 399 g/mol. The van der Waals surface area contributed by atoms with E-state index in [9.17, 15) is 13.2 Å². The van der Waals surface area contributed by atoms with Gasteiger partial charge >= 0.3 is 0 Å². The fraction of sp³-hybridized carbons (Fsp3) is 0.353. The molecule has 0 aliphatic carbocycles. The smallest absolute Gasteiger partial charge is 0.258 e. The van der Waals surface area contributed by atoms with Gasteiger partial charge in [-0.1, -0.05) is 11.6 Å².